The summed E-state index contributed by atoms with van der Waals surface area (Å²) < 4.78 is 0. The van der Waals surface area contributed by atoms with Crippen molar-refractivity contribution in [2.24, 2.45) is 5.92 Å². The number of carboxylic acids is 1. The van der Waals surface area contributed by atoms with E-state index in [9.17, 15) is 9.90 Å². The molecule has 2 rings (SSSR count). The molecule has 1 aromatic rings. The zero-order valence-electron chi connectivity index (χ0n) is 13.1. The van der Waals surface area contributed by atoms with Crippen molar-refractivity contribution in [1.82, 2.24) is 14.8 Å². The molecule has 0 saturated carbocycles. The molecule has 1 aromatic heterocycles. The first-order chi connectivity index (χ1) is 9.95. The average Bonchev–Trinajstić information content (AvgIpc) is 2.82. The summed E-state index contributed by atoms with van der Waals surface area (Å²) in [5.74, 6) is -0.278. The minimum atomic E-state index is -0.685. The van der Waals surface area contributed by atoms with E-state index in [1.807, 2.05) is 13.1 Å². The number of rotatable bonds is 6. The van der Waals surface area contributed by atoms with Gasteiger partial charge in [0, 0.05) is 43.8 Å². The molecular formula is C15H25N3O2S. The van der Waals surface area contributed by atoms with E-state index in [1.165, 1.54) is 4.88 Å². The second-order valence-corrected chi connectivity index (χ2v) is 7.46. The maximum Gasteiger partial charge on any atom is 0.320 e. The van der Waals surface area contributed by atoms with Crippen molar-refractivity contribution in [3.8, 4) is 0 Å². The summed E-state index contributed by atoms with van der Waals surface area (Å²) in [6.07, 6.45) is 2.68. The van der Waals surface area contributed by atoms with E-state index in [4.69, 9.17) is 0 Å². The molecule has 0 amide bonds. The van der Waals surface area contributed by atoms with Crippen LogP contribution in [0.15, 0.2) is 6.20 Å². The smallest absolute Gasteiger partial charge is 0.320 e. The molecule has 0 aromatic carbocycles. The van der Waals surface area contributed by atoms with Gasteiger partial charge in [0.25, 0.3) is 0 Å². The molecule has 0 spiro atoms. The second kappa shape index (κ2) is 7.33. The van der Waals surface area contributed by atoms with Crippen LogP contribution in [0, 0.1) is 12.8 Å². The molecule has 2 heterocycles. The Morgan fingerprint density at radius 2 is 2.05 bits per heavy atom. The van der Waals surface area contributed by atoms with Crippen LogP contribution in [0.2, 0.25) is 0 Å². The lowest BCUT2D eigenvalue weighted by Crippen LogP contribution is -2.52. The maximum atomic E-state index is 11.4. The van der Waals surface area contributed by atoms with Crippen LogP contribution in [-0.4, -0.2) is 58.1 Å². The highest BCUT2D eigenvalue weighted by Crippen LogP contribution is 2.18. The molecule has 1 saturated heterocycles. The molecule has 6 heteroatoms. The Morgan fingerprint density at radius 1 is 1.38 bits per heavy atom. The number of aromatic nitrogens is 1. The van der Waals surface area contributed by atoms with E-state index in [2.05, 4.69) is 28.6 Å². The highest BCUT2D eigenvalue weighted by molar-refractivity contribution is 7.11. The van der Waals surface area contributed by atoms with Gasteiger partial charge < -0.3 is 5.11 Å². The molecule has 1 aliphatic rings. The molecule has 21 heavy (non-hydrogen) atoms. The van der Waals surface area contributed by atoms with Gasteiger partial charge in [-0.1, -0.05) is 13.8 Å². The van der Waals surface area contributed by atoms with E-state index in [1.54, 1.807) is 11.3 Å². The number of hydrogen-bond acceptors (Lipinski definition) is 5. The molecule has 1 aliphatic heterocycles. The monoisotopic (exact) mass is 311 g/mol. The van der Waals surface area contributed by atoms with Gasteiger partial charge in [0.1, 0.15) is 6.04 Å². The van der Waals surface area contributed by atoms with Crippen LogP contribution < -0.4 is 0 Å². The molecule has 0 aliphatic carbocycles. The Hall–Kier alpha value is -0.980. The van der Waals surface area contributed by atoms with Gasteiger partial charge in [-0.3, -0.25) is 14.6 Å². The summed E-state index contributed by atoms with van der Waals surface area (Å²) >= 11 is 1.74. The first kappa shape index (κ1) is 16.4. The Labute approximate surface area is 130 Å². The molecule has 1 atom stereocenters. The first-order valence-electron chi connectivity index (χ1n) is 7.56. The van der Waals surface area contributed by atoms with Crippen LogP contribution in [0.1, 0.15) is 30.2 Å². The van der Waals surface area contributed by atoms with Crippen molar-refractivity contribution in [3.63, 3.8) is 0 Å². The van der Waals surface area contributed by atoms with Gasteiger partial charge in [-0.25, -0.2) is 4.98 Å². The molecular weight excluding hydrogens is 286 g/mol. The van der Waals surface area contributed by atoms with Gasteiger partial charge in [-0.15, -0.1) is 11.3 Å². The number of nitrogens with zero attached hydrogens (tertiary/aromatic N) is 3. The number of aryl methyl sites for hydroxylation is 1. The van der Waals surface area contributed by atoms with E-state index >= 15 is 0 Å². The van der Waals surface area contributed by atoms with Crippen molar-refractivity contribution in [2.45, 2.75) is 39.8 Å². The molecule has 1 unspecified atom stereocenters. The summed E-state index contributed by atoms with van der Waals surface area (Å²) in [6, 6.07) is -0.335. The second-order valence-electron chi connectivity index (χ2n) is 6.14. The van der Waals surface area contributed by atoms with Gasteiger partial charge >= 0.3 is 5.97 Å². The zero-order chi connectivity index (χ0) is 15.4. The van der Waals surface area contributed by atoms with E-state index in [0.29, 0.717) is 5.92 Å². The fourth-order valence-electron chi connectivity index (χ4n) is 2.78. The Balaban J connectivity index is 1.85. The lowest BCUT2D eigenvalue weighted by atomic mass is 10.0. The molecule has 1 N–H and O–H groups in total. The lowest BCUT2D eigenvalue weighted by Gasteiger charge is -2.38. The van der Waals surface area contributed by atoms with E-state index < -0.39 is 5.97 Å². The summed E-state index contributed by atoms with van der Waals surface area (Å²) in [5, 5.41) is 10.5. The van der Waals surface area contributed by atoms with Gasteiger partial charge in [-0.05, 0) is 19.3 Å². The van der Waals surface area contributed by atoms with Gasteiger partial charge in [-0.2, -0.15) is 0 Å². The van der Waals surface area contributed by atoms with Crippen LogP contribution in [-0.2, 0) is 11.3 Å². The third kappa shape index (κ3) is 4.76. The number of thiazole rings is 1. The third-order valence-electron chi connectivity index (χ3n) is 3.88. The van der Waals surface area contributed by atoms with E-state index in [0.717, 1.165) is 44.2 Å². The summed E-state index contributed by atoms with van der Waals surface area (Å²) in [4.78, 5) is 21.5. The van der Waals surface area contributed by atoms with Gasteiger partial charge in [0.15, 0.2) is 0 Å². The zero-order valence-corrected chi connectivity index (χ0v) is 13.9. The highest BCUT2D eigenvalue weighted by atomic mass is 32.1. The molecule has 5 nitrogen and oxygen atoms in total. The van der Waals surface area contributed by atoms with Crippen molar-refractivity contribution in [2.75, 3.05) is 26.2 Å². The molecule has 1 fully saturated rings. The molecule has 118 valence electrons. The minimum Gasteiger partial charge on any atom is -0.480 e. The topological polar surface area (TPSA) is 56.7 Å². The third-order valence-corrected chi connectivity index (χ3v) is 4.77. The van der Waals surface area contributed by atoms with Crippen LogP contribution in [0.5, 0.6) is 0 Å². The van der Waals surface area contributed by atoms with Crippen LogP contribution in [0.3, 0.4) is 0 Å². The molecule has 0 radical (unpaired) electrons. The first-order valence-corrected chi connectivity index (χ1v) is 8.38. The fourth-order valence-corrected chi connectivity index (χ4v) is 3.62. The standard InChI is InChI=1S/C15H25N3O2S/c1-11(2)8-14(15(19)20)18-6-4-17(5-7-18)10-13-9-16-12(3)21-13/h9,11,14H,4-8,10H2,1-3H3,(H,19,20). The number of carbonyl (C=O) groups is 1. The summed E-state index contributed by atoms with van der Waals surface area (Å²) in [6.45, 7) is 10.6. The van der Waals surface area contributed by atoms with E-state index in [-0.39, 0.29) is 6.04 Å². The number of carboxylic acid groups (broad SMARTS) is 1. The summed E-state index contributed by atoms with van der Waals surface area (Å²) in [5.41, 5.74) is 0. The number of hydrogen-bond donors (Lipinski definition) is 1. The number of aliphatic carboxylic acids is 1. The van der Waals surface area contributed by atoms with Gasteiger partial charge in [0.2, 0.25) is 0 Å². The van der Waals surface area contributed by atoms with Crippen LogP contribution in [0.25, 0.3) is 0 Å². The summed E-state index contributed by atoms with van der Waals surface area (Å²) in [7, 11) is 0. The van der Waals surface area contributed by atoms with Crippen molar-refractivity contribution in [1.29, 1.82) is 0 Å². The normalized spacial score (nSPS) is 19.0. The number of piperazine rings is 1. The van der Waals surface area contributed by atoms with Crippen molar-refractivity contribution >= 4 is 17.3 Å². The van der Waals surface area contributed by atoms with Crippen LogP contribution in [0.4, 0.5) is 0 Å². The van der Waals surface area contributed by atoms with Crippen molar-refractivity contribution in [3.05, 3.63) is 16.1 Å². The predicted octanol–water partition coefficient (Wildman–Crippen LogP) is 2.07. The predicted molar refractivity (Wildman–Crippen MR) is 84.6 cm³/mol. The Morgan fingerprint density at radius 3 is 2.52 bits per heavy atom. The SMILES string of the molecule is Cc1ncc(CN2CCN(C(CC(C)C)C(=O)O)CC2)s1. The maximum absolute atomic E-state index is 11.4. The fraction of sp³-hybridized carbons (Fsp3) is 0.733. The molecule has 0 bridgehead atoms. The largest absolute Gasteiger partial charge is 0.480 e. The highest BCUT2D eigenvalue weighted by Gasteiger charge is 2.29. The average molecular weight is 311 g/mol. The van der Waals surface area contributed by atoms with Crippen LogP contribution >= 0.6 is 11.3 Å². The lowest BCUT2D eigenvalue weighted by molar-refractivity contribution is -0.144. The Bertz CT molecular complexity index is 467. The van der Waals surface area contributed by atoms with Gasteiger partial charge in [0.05, 0.1) is 5.01 Å². The Kier molecular flexibility index (Phi) is 5.72. The minimum absolute atomic E-state index is 0.335. The quantitative estimate of drug-likeness (QED) is 0.871. The van der Waals surface area contributed by atoms with Crippen molar-refractivity contribution < 1.29 is 9.90 Å².